The van der Waals surface area contributed by atoms with Gasteiger partial charge < -0.3 is 4.90 Å². The molecule has 0 aliphatic carbocycles. The molecule has 0 spiro atoms. The minimum atomic E-state index is 0.140. The Morgan fingerprint density at radius 3 is 3.12 bits per heavy atom. The zero-order chi connectivity index (χ0) is 12.3. The Morgan fingerprint density at radius 2 is 2.47 bits per heavy atom. The summed E-state index contributed by atoms with van der Waals surface area (Å²) in [5, 5.41) is 0. The summed E-state index contributed by atoms with van der Waals surface area (Å²) in [6.45, 7) is 5.32. The third-order valence-corrected chi connectivity index (χ3v) is 3.77. The Labute approximate surface area is 103 Å². The Balaban J connectivity index is 2.14. The lowest BCUT2D eigenvalue weighted by molar-refractivity contribution is 0.0692. The molecule has 2 atom stereocenters. The fourth-order valence-electron chi connectivity index (χ4n) is 2.56. The maximum Gasteiger partial charge on any atom is 0.255 e. The van der Waals surface area contributed by atoms with Crippen LogP contribution in [0.1, 0.15) is 43.5 Å². The van der Waals surface area contributed by atoms with Gasteiger partial charge in [0.15, 0.2) is 0 Å². The van der Waals surface area contributed by atoms with Crippen LogP contribution in [0.2, 0.25) is 0 Å². The highest BCUT2D eigenvalue weighted by Crippen LogP contribution is 2.27. The van der Waals surface area contributed by atoms with Crippen molar-refractivity contribution in [2.75, 3.05) is 6.54 Å². The molecule has 1 aromatic rings. The number of pyridine rings is 1. The fraction of sp³-hybridized carbons (Fsp3) is 0.571. The van der Waals surface area contributed by atoms with Crippen molar-refractivity contribution < 1.29 is 4.79 Å². The maximum atomic E-state index is 12.4. The van der Waals surface area contributed by atoms with Gasteiger partial charge in [-0.25, -0.2) is 0 Å². The predicted molar refractivity (Wildman–Crippen MR) is 67.8 cm³/mol. The molecular weight excluding hydrogens is 212 g/mol. The van der Waals surface area contributed by atoms with Crippen molar-refractivity contribution in [1.29, 1.82) is 0 Å². The van der Waals surface area contributed by atoms with E-state index in [2.05, 4.69) is 18.8 Å². The van der Waals surface area contributed by atoms with Crippen molar-refractivity contribution in [3.8, 4) is 0 Å². The number of hydrogen-bond acceptors (Lipinski definition) is 2. The second-order valence-electron chi connectivity index (χ2n) is 4.84. The number of nitrogens with zero attached hydrogens (tertiary/aromatic N) is 2. The smallest absolute Gasteiger partial charge is 0.255 e. The lowest BCUT2D eigenvalue weighted by Crippen LogP contribution is -2.39. The summed E-state index contributed by atoms with van der Waals surface area (Å²) < 4.78 is 0. The molecule has 1 fully saturated rings. The van der Waals surface area contributed by atoms with Gasteiger partial charge in [0.1, 0.15) is 0 Å². The SMILES string of the molecule is CCC(C)C1CCCN1C(=O)c1cccnc1. The van der Waals surface area contributed by atoms with Gasteiger partial charge in [-0.15, -0.1) is 0 Å². The minimum Gasteiger partial charge on any atom is -0.335 e. The number of carbonyl (C=O) groups is 1. The van der Waals surface area contributed by atoms with Crippen molar-refractivity contribution in [1.82, 2.24) is 9.88 Å². The summed E-state index contributed by atoms with van der Waals surface area (Å²) in [6, 6.07) is 4.08. The molecular formula is C14H20N2O. The third kappa shape index (κ3) is 2.48. The van der Waals surface area contributed by atoms with Gasteiger partial charge in [-0.3, -0.25) is 9.78 Å². The van der Waals surface area contributed by atoms with Crippen LogP contribution < -0.4 is 0 Å². The highest BCUT2D eigenvalue weighted by atomic mass is 16.2. The van der Waals surface area contributed by atoms with Gasteiger partial charge in [0, 0.05) is 25.0 Å². The number of rotatable bonds is 3. The number of carbonyl (C=O) groups excluding carboxylic acids is 1. The summed E-state index contributed by atoms with van der Waals surface area (Å²) in [5.41, 5.74) is 0.711. The number of likely N-dealkylation sites (tertiary alicyclic amines) is 1. The van der Waals surface area contributed by atoms with Gasteiger partial charge in [0.25, 0.3) is 5.91 Å². The molecule has 0 N–H and O–H groups in total. The first-order valence-electron chi connectivity index (χ1n) is 6.45. The van der Waals surface area contributed by atoms with E-state index in [1.807, 2.05) is 17.0 Å². The molecule has 0 radical (unpaired) electrons. The molecule has 1 amide bonds. The van der Waals surface area contributed by atoms with Crippen LogP contribution in [-0.2, 0) is 0 Å². The molecule has 2 rings (SSSR count). The number of hydrogen-bond donors (Lipinski definition) is 0. The molecule has 1 aliphatic rings. The first-order valence-corrected chi connectivity index (χ1v) is 6.45. The molecule has 1 saturated heterocycles. The molecule has 1 aliphatic heterocycles. The van der Waals surface area contributed by atoms with Crippen molar-refractivity contribution in [2.45, 2.75) is 39.2 Å². The lowest BCUT2D eigenvalue weighted by atomic mass is 9.97. The van der Waals surface area contributed by atoms with Gasteiger partial charge in [0.05, 0.1) is 5.56 Å². The van der Waals surface area contributed by atoms with Gasteiger partial charge in [0.2, 0.25) is 0 Å². The molecule has 3 nitrogen and oxygen atoms in total. The zero-order valence-corrected chi connectivity index (χ0v) is 10.6. The average molecular weight is 232 g/mol. The van der Waals surface area contributed by atoms with Gasteiger partial charge in [-0.05, 0) is 30.9 Å². The molecule has 92 valence electrons. The summed E-state index contributed by atoms with van der Waals surface area (Å²) in [4.78, 5) is 18.4. The highest BCUT2D eigenvalue weighted by molar-refractivity contribution is 5.94. The second kappa shape index (κ2) is 5.30. The van der Waals surface area contributed by atoms with Gasteiger partial charge in [-0.1, -0.05) is 20.3 Å². The molecule has 2 unspecified atom stereocenters. The first kappa shape index (κ1) is 12.1. The van der Waals surface area contributed by atoms with Crippen LogP contribution >= 0.6 is 0 Å². The van der Waals surface area contributed by atoms with Gasteiger partial charge in [-0.2, -0.15) is 0 Å². The highest BCUT2D eigenvalue weighted by Gasteiger charge is 2.32. The number of amides is 1. The van der Waals surface area contributed by atoms with Crippen molar-refractivity contribution in [2.24, 2.45) is 5.92 Å². The lowest BCUT2D eigenvalue weighted by Gasteiger charge is -2.29. The van der Waals surface area contributed by atoms with Crippen LogP contribution in [0.15, 0.2) is 24.5 Å². The Hall–Kier alpha value is -1.38. The normalized spacial score (nSPS) is 21.5. The van der Waals surface area contributed by atoms with Crippen LogP contribution in [0.25, 0.3) is 0 Å². The van der Waals surface area contributed by atoms with Crippen LogP contribution in [0.5, 0.6) is 0 Å². The first-order chi connectivity index (χ1) is 8.24. The van der Waals surface area contributed by atoms with Crippen LogP contribution in [0, 0.1) is 5.92 Å². The molecule has 3 heteroatoms. The topological polar surface area (TPSA) is 33.2 Å². The largest absolute Gasteiger partial charge is 0.335 e. The minimum absolute atomic E-state index is 0.140. The van der Waals surface area contributed by atoms with E-state index in [9.17, 15) is 4.79 Å². The molecule has 0 bridgehead atoms. The van der Waals surface area contributed by atoms with Gasteiger partial charge >= 0.3 is 0 Å². The van der Waals surface area contributed by atoms with E-state index >= 15 is 0 Å². The van der Waals surface area contributed by atoms with E-state index in [4.69, 9.17) is 0 Å². The fourth-order valence-corrected chi connectivity index (χ4v) is 2.56. The van der Waals surface area contributed by atoms with E-state index in [0.29, 0.717) is 17.5 Å². The predicted octanol–water partition coefficient (Wildman–Crippen LogP) is 2.73. The molecule has 0 aromatic carbocycles. The molecule has 17 heavy (non-hydrogen) atoms. The van der Waals surface area contributed by atoms with E-state index in [1.165, 1.54) is 0 Å². The number of aromatic nitrogens is 1. The molecule has 0 saturated carbocycles. The van der Waals surface area contributed by atoms with E-state index in [0.717, 1.165) is 25.8 Å². The standard InChI is InChI=1S/C14H20N2O/c1-3-11(2)13-7-5-9-16(13)14(17)12-6-4-8-15-10-12/h4,6,8,10-11,13H,3,5,7,9H2,1-2H3. The Bertz CT molecular complexity index is 377. The van der Waals surface area contributed by atoms with Crippen molar-refractivity contribution in [3.05, 3.63) is 30.1 Å². The summed E-state index contributed by atoms with van der Waals surface area (Å²) in [7, 11) is 0. The maximum absolute atomic E-state index is 12.4. The average Bonchev–Trinajstić information content (AvgIpc) is 2.87. The quantitative estimate of drug-likeness (QED) is 0.802. The summed E-state index contributed by atoms with van der Waals surface area (Å²) in [5.74, 6) is 0.721. The Kier molecular flexibility index (Phi) is 3.77. The second-order valence-corrected chi connectivity index (χ2v) is 4.84. The van der Waals surface area contributed by atoms with Crippen LogP contribution in [-0.4, -0.2) is 28.4 Å². The van der Waals surface area contributed by atoms with Crippen LogP contribution in [0.3, 0.4) is 0 Å². The van der Waals surface area contributed by atoms with Crippen molar-refractivity contribution >= 4 is 5.91 Å². The summed E-state index contributed by atoms with van der Waals surface area (Å²) >= 11 is 0. The monoisotopic (exact) mass is 232 g/mol. The van der Waals surface area contributed by atoms with E-state index < -0.39 is 0 Å². The zero-order valence-electron chi connectivity index (χ0n) is 10.6. The van der Waals surface area contributed by atoms with Crippen molar-refractivity contribution in [3.63, 3.8) is 0 Å². The third-order valence-electron chi connectivity index (χ3n) is 3.77. The van der Waals surface area contributed by atoms with E-state index in [1.54, 1.807) is 12.4 Å². The Morgan fingerprint density at radius 1 is 1.65 bits per heavy atom. The molecule has 1 aromatic heterocycles. The van der Waals surface area contributed by atoms with E-state index in [-0.39, 0.29) is 5.91 Å². The summed E-state index contributed by atoms with van der Waals surface area (Å²) in [6.07, 6.45) is 6.75. The van der Waals surface area contributed by atoms with Crippen LogP contribution in [0.4, 0.5) is 0 Å². The molecule has 2 heterocycles.